The number of aromatic hydroxyl groups is 1. The van der Waals surface area contributed by atoms with Crippen molar-refractivity contribution in [2.45, 2.75) is 36.5 Å². The second-order valence-electron chi connectivity index (χ2n) is 15.8. The average molecular weight is 1220 g/mol. The van der Waals surface area contributed by atoms with Crippen molar-refractivity contribution < 1.29 is 55.5 Å². The average Bonchev–Trinajstić information content (AvgIpc) is 3.37. The molecule has 0 aliphatic heterocycles. The third kappa shape index (κ3) is 13.3. The van der Waals surface area contributed by atoms with Crippen LogP contribution in [0, 0.1) is 0 Å². The van der Waals surface area contributed by atoms with Crippen LogP contribution >= 0.6 is 23.2 Å². The number of aryl methyl sites for hydroxylation is 2. The fourth-order valence-corrected chi connectivity index (χ4v) is 9.92. The largest absolute Gasteiger partial charge is 2.00 e. The second-order valence-corrected chi connectivity index (χ2v) is 19.3. The molecule has 0 radical (unpaired) electrons. The van der Waals surface area contributed by atoms with Crippen LogP contribution in [0.1, 0.15) is 40.9 Å². The predicted octanol–water partition coefficient (Wildman–Crippen LogP) is 11.5. The van der Waals surface area contributed by atoms with Crippen LogP contribution in [0.25, 0.3) is 21.5 Å². The van der Waals surface area contributed by atoms with Gasteiger partial charge in [-0.15, -0.1) is 15.3 Å². The van der Waals surface area contributed by atoms with Gasteiger partial charge in [0.25, 0.3) is 26.1 Å². The number of fused-ring (bicyclic) bond motifs is 2. The van der Waals surface area contributed by atoms with E-state index in [-0.39, 0.29) is 92.8 Å². The van der Waals surface area contributed by atoms with E-state index in [1.807, 2.05) is 0 Å². The van der Waals surface area contributed by atoms with Crippen LogP contribution in [0.5, 0.6) is 23.0 Å². The molecule has 0 spiro atoms. The molecule has 75 heavy (non-hydrogen) atoms. The standard InChI is InChI=1S/2C26H22ClN3O6S.Ba/c2*1-3-15-11-12-21(27)25(37(33,34)35)22(15)29-30-23-19-10-5-4-7-16(19)13-20(24(23)31)26(32)28-17-8-6-9-18(14-17)36-2;/h2*4-14,31H,3H2,1-2H3,(H,28,32)(H,33,34,35);/q;;+2/p-2. The Hall–Kier alpha value is -6.41. The van der Waals surface area contributed by atoms with Gasteiger partial charge in [-0.25, -0.2) is 0 Å². The molecule has 1 amide bonds. The number of methoxy groups -OCH3 is 2. The van der Waals surface area contributed by atoms with Crippen LogP contribution in [0.4, 0.5) is 34.1 Å². The van der Waals surface area contributed by atoms with Gasteiger partial charge in [0.2, 0.25) is 0 Å². The van der Waals surface area contributed by atoms with Gasteiger partial charge < -0.3 is 30.1 Å². The minimum atomic E-state index is -4.76. The minimum Gasteiger partial charge on any atom is -0.871 e. The summed E-state index contributed by atoms with van der Waals surface area (Å²) in [6, 6.07) is 35.6. The number of carbonyl (C=O) groups excluding carboxylic acids is 1. The number of amides is 1. The molecule has 0 fully saturated rings. The molecule has 8 aromatic carbocycles. The smallest absolute Gasteiger partial charge is 0.871 e. The third-order valence-electron chi connectivity index (χ3n) is 11.2. The molecular formula is C52H42BaCl2N6O12S2. The van der Waals surface area contributed by atoms with Crippen molar-refractivity contribution in [2.75, 3.05) is 19.5 Å². The molecule has 0 unspecified atom stereocenters. The Morgan fingerprint density at radius 1 is 0.613 bits per heavy atom. The fraction of sp³-hybridized carbons (Fsp3) is 0.115. The van der Waals surface area contributed by atoms with Crippen molar-refractivity contribution in [2.24, 2.45) is 25.4 Å². The van der Waals surface area contributed by atoms with E-state index in [0.717, 1.165) is 0 Å². The quantitative estimate of drug-likeness (QED) is 0.0260. The maximum Gasteiger partial charge on any atom is 2.00 e. The number of nitrogens with zero attached hydrogens (tertiary/aromatic N) is 5. The number of carbonyl (C=O) groups is 1. The van der Waals surface area contributed by atoms with E-state index in [1.165, 1.54) is 38.5 Å². The number of ether oxygens (including phenoxy) is 2. The van der Waals surface area contributed by atoms with E-state index >= 15 is 0 Å². The van der Waals surface area contributed by atoms with Gasteiger partial charge in [0.15, 0.2) is 5.75 Å². The molecule has 23 heteroatoms. The number of hydrogen-bond acceptors (Lipinski definition) is 15. The summed E-state index contributed by atoms with van der Waals surface area (Å²) in [6.45, 7) is 3.52. The first-order chi connectivity index (χ1) is 35.3. The van der Waals surface area contributed by atoms with E-state index in [9.17, 15) is 46.1 Å². The molecule has 0 atom stereocenters. The van der Waals surface area contributed by atoms with Gasteiger partial charge in [-0.3, -0.25) is 18.9 Å². The maximum atomic E-state index is 13.4. The monoisotopic (exact) mass is 1210 g/mol. The zero-order valence-corrected chi connectivity index (χ0v) is 47.7. The molecule has 8 rings (SSSR count). The maximum absolute atomic E-state index is 13.4. The topological polar surface area (TPSA) is 284 Å². The number of nitrogens with one attached hydrogen (secondary N) is 1. The SMILES string of the molecule is CCc1ccc(Cl)c(S(=O)(=O)O)c1N=Nc1c(O)c(C(=O)Nc2cccc(OC)c2)cc2ccccc12.CCc1ccc(Cl)c(S(=O)(=O)O)c1N=Nc1c([O-])c(C([O-])=Nc2cccc(OC)c2)cc2ccccc12.[Ba+2]. The molecule has 4 N–H and O–H groups in total. The number of aliphatic imine (C=N–C) groups is 1. The van der Waals surface area contributed by atoms with Crippen molar-refractivity contribution in [3.63, 3.8) is 0 Å². The van der Waals surface area contributed by atoms with Crippen LogP contribution in [-0.4, -0.2) is 106 Å². The predicted molar refractivity (Wildman–Crippen MR) is 285 cm³/mol. The van der Waals surface area contributed by atoms with Gasteiger partial charge in [-0.2, -0.15) is 21.9 Å². The minimum absolute atomic E-state index is 0. The molecule has 0 aliphatic carbocycles. The Balaban J connectivity index is 0.000000241. The molecule has 0 aliphatic rings. The number of rotatable bonds is 14. The molecule has 0 saturated carbocycles. The summed E-state index contributed by atoms with van der Waals surface area (Å²) in [4.78, 5) is 15.9. The van der Waals surface area contributed by atoms with Crippen molar-refractivity contribution in [3.05, 3.63) is 166 Å². The molecule has 0 heterocycles. The van der Waals surface area contributed by atoms with Crippen LogP contribution in [-0.2, 0) is 33.1 Å². The molecule has 0 saturated heterocycles. The first-order valence-corrected chi connectivity index (χ1v) is 25.7. The van der Waals surface area contributed by atoms with Crippen LogP contribution in [0.2, 0.25) is 10.0 Å². The Bertz CT molecular complexity index is 3830. The molecule has 380 valence electrons. The number of hydrogen-bond donors (Lipinski definition) is 4. The molecular weight excluding hydrogens is 1170 g/mol. The number of anilines is 1. The van der Waals surface area contributed by atoms with E-state index in [2.05, 4.69) is 30.8 Å². The van der Waals surface area contributed by atoms with Gasteiger partial charge in [0.1, 0.15) is 38.4 Å². The van der Waals surface area contributed by atoms with Gasteiger partial charge in [0.05, 0.1) is 41.2 Å². The molecule has 0 aromatic heterocycles. The van der Waals surface area contributed by atoms with Crippen molar-refractivity contribution in [3.8, 4) is 23.0 Å². The normalized spacial score (nSPS) is 11.9. The first-order valence-electron chi connectivity index (χ1n) is 22.0. The van der Waals surface area contributed by atoms with Gasteiger partial charge >= 0.3 is 48.9 Å². The van der Waals surface area contributed by atoms with Crippen LogP contribution < -0.4 is 25.0 Å². The van der Waals surface area contributed by atoms with Gasteiger partial charge in [-0.05, 0) is 94.7 Å². The van der Waals surface area contributed by atoms with E-state index in [0.29, 0.717) is 68.4 Å². The van der Waals surface area contributed by atoms with E-state index < -0.39 is 53.3 Å². The van der Waals surface area contributed by atoms with E-state index in [1.54, 1.807) is 123 Å². The third-order valence-corrected chi connectivity index (χ3v) is 13.9. The van der Waals surface area contributed by atoms with Crippen molar-refractivity contribution in [1.82, 2.24) is 0 Å². The van der Waals surface area contributed by atoms with Gasteiger partial charge in [0, 0.05) is 28.6 Å². The summed E-state index contributed by atoms with van der Waals surface area (Å²) in [6.07, 6.45) is 0.709. The van der Waals surface area contributed by atoms with Crippen LogP contribution in [0.3, 0.4) is 0 Å². The summed E-state index contributed by atoms with van der Waals surface area (Å²) in [7, 11) is -6.51. The Labute approximate surface area is 481 Å². The molecule has 18 nitrogen and oxygen atoms in total. The van der Waals surface area contributed by atoms with Gasteiger partial charge in [-0.1, -0.05) is 116 Å². The zero-order valence-electron chi connectivity index (χ0n) is 40.1. The molecule has 8 aromatic rings. The number of phenolic OH excluding ortho intramolecular Hbond substituents is 1. The number of azo groups is 2. The first kappa shape index (κ1) is 57.9. The molecule has 0 bridgehead atoms. The second kappa shape index (κ2) is 25.0. The zero-order chi connectivity index (χ0) is 53.5. The fourth-order valence-electron chi connectivity index (χ4n) is 7.57. The summed E-state index contributed by atoms with van der Waals surface area (Å²) in [5, 5.41) is 58.1. The number of benzene rings is 8. The van der Waals surface area contributed by atoms with Crippen LogP contribution in [0.15, 0.2) is 169 Å². The van der Waals surface area contributed by atoms with Crippen molar-refractivity contribution in [1.29, 1.82) is 0 Å². The van der Waals surface area contributed by atoms with Crippen molar-refractivity contribution >= 4 is 160 Å². The number of phenols is 1. The Kier molecular flexibility index (Phi) is 19.3. The summed E-state index contributed by atoms with van der Waals surface area (Å²) in [5.74, 6) is -1.58. The summed E-state index contributed by atoms with van der Waals surface area (Å²) in [5.41, 5.74) is 0.705. The summed E-state index contributed by atoms with van der Waals surface area (Å²) < 4.78 is 78.0. The van der Waals surface area contributed by atoms with E-state index in [4.69, 9.17) is 32.7 Å². The Morgan fingerprint density at radius 2 is 1.08 bits per heavy atom. The Morgan fingerprint density at radius 3 is 1.60 bits per heavy atom. The summed E-state index contributed by atoms with van der Waals surface area (Å²) >= 11 is 12.1. The number of halogens is 2.